The lowest BCUT2D eigenvalue weighted by Gasteiger charge is -2.06. The van der Waals surface area contributed by atoms with E-state index in [1.165, 1.54) is 6.07 Å². The van der Waals surface area contributed by atoms with Crippen LogP contribution in [0.5, 0.6) is 0 Å². The van der Waals surface area contributed by atoms with Gasteiger partial charge in [0.05, 0.1) is 4.92 Å². The summed E-state index contributed by atoms with van der Waals surface area (Å²) < 4.78 is 0. The number of aryl methyl sites for hydroxylation is 1. The Balaban J connectivity index is 2.74. The summed E-state index contributed by atoms with van der Waals surface area (Å²) in [5.74, 6) is -0.503. The molecule has 0 aliphatic rings. The van der Waals surface area contributed by atoms with E-state index in [1.54, 1.807) is 19.1 Å². The SMILES string of the molecule is Cc1cccc(C(=O)NCCCN=[N+]=[N-])c1[N+](=O)[O-]. The van der Waals surface area contributed by atoms with E-state index in [2.05, 4.69) is 15.3 Å². The minimum atomic E-state index is -0.565. The fourth-order valence-electron chi connectivity index (χ4n) is 1.58. The topological polar surface area (TPSA) is 121 Å². The molecular weight excluding hydrogens is 250 g/mol. The van der Waals surface area contributed by atoms with Gasteiger partial charge in [0.2, 0.25) is 0 Å². The maximum Gasteiger partial charge on any atom is 0.285 e. The summed E-state index contributed by atoms with van der Waals surface area (Å²) in [6, 6.07) is 4.58. The lowest BCUT2D eigenvalue weighted by molar-refractivity contribution is -0.385. The number of hydrogen-bond donors (Lipinski definition) is 1. The maximum absolute atomic E-state index is 11.8. The van der Waals surface area contributed by atoms with Gasteiger partial charge in [-0.2, -0.15) is 0 Å². The Morgan fingerprint density at radius 3 is 2.95 bits per heavy atom. The van der Waals surface area contributed by atoms with Crippen LogP contribution in [0.15, 0.2) is 23.3 Å². The van der Waals surface area contributed by atoms with Gasteiger partial charge in [-0.1, -0.05) is 17.2 Å². The molecule has 0 spiro atoms. The van der Waals surface area contributed by atoms with Crippen LogP contribution < -0.4 is 5.32 Å². The minimum Gasteiger partial charge on any atom is -0.352 e. The molecule has 8 heteroatoms. The molecule has 0 saturated heterocycles. The van der Waals surface area contributed by atoms with Crippen molar-refractivity contribution in [3.63, 3.8) is 0 Å². The number of nitro groups is 1. The molecule has 0 unspecified atom stereocenters. The zero-order chi connectivity index (χ0) is 14.3. The van der Waals surface area contributed by atoms with Gasteiger partial charge in [0, 0.05) is 23.6 Å². The molecule has 1 amide bonds. The highest BCUT2D eigenvalue weighted by atomic mass is 16.6. The van der Waals surface area contributed by atoms with Crippen LogP contribution in [0.2, 0.25) is 0 Å². The molecular formula is C11H13N5O3. The lowest BCUT2D eigenvalue weighted by Crippen LogP contribution is -2.25. The van der Waals surface area contributed by atoms with E-state index in [4.69, 9.17) is 5.53 Å². The van der Waals surface area contributed by atoms with Gasteiger partial charge in [-0.15, -0.1) is 0 Å². The van der Waals surface area contributed by atoms with E-state index in [-0.39, 0.29) is 17.8 Å². The second-order valence-corrected chi connectivity index (χ2v) is 3.79. The summed E-state index contributed by atoms with van der Waals surface area (Å²) in [6.07, 6.45) is 0.482. The number of rotatable bonds is 6. The number of para-hydroxylation sites is 1. The predicted octanol–water partition coefficient (Wildman–Crippen LogP) is 2.33. The third kappa shape index (κ3) is 3.97. The van der Waals surface area contributed by atoms with Crippen molar-refractivity contribution >= 4 is 11.6 Å². The molecule has 0 aliphatic heterocycles. The first-order valence-electron chi connectivity index (χ1n) is 5.61. The third-order valence-corrected chi connectivity index (χ3v) is 2.45. The van der Waals surface area contributed by atoms with E-state index >= 15 is 0 Å². The monoisotopic (exact) mass is 263 g/mol. The van der Waals surface area contributed by atoms with E-state index < -0.39 is 10.8 Å². The summed E-state index contributed by atoms with van der Waals surface area (Å²) in [5.41, 5.74) is 8.36. The molecule has 1 aromatic rings. The third-order valence-electron chi connectivity index (χ3n) is 2.45. The van der Waals surface area contributed by atoms with Crippen molar-refractivity contribution in [2.45, 2.75) is 13.3 Å². The zero-order valence-corrected chi connectivity index (χ0v) is 10.4. The molecule has 0 aliphatic carbocycles. The average molecular weight is 263 g/mol. The van der Waals surface area contributed by atoms with Crippen molar-refractivity contribution in [1.29, 1.82) is 0 Å². The van der Waals surface area contributed by atoms with Crippen LogP contribution in [0.1, 0.15) is 22.3 Å². The Bertz CT molecular complexity index is 537. The second kappa shape index (κ2) is 6.97. The summed E-state index contributed by atoms with van der Waals surface area (Å²) in [4.78, 5) is 24.8. The van der Waals surface area contributed by atoms with Crippen LogP contribution in [0.25, 0.3) is 10.4 Å². The van der Waals surface area contributed by atoms with Crippen LogP contribution in [0.4, 0.5) is 5.69 Å². The number of nitrogens with one attached hydrogen (secondary N) is 1. The van der Waals surface area contributed by atoms with Crippen LogP contribution >= 0.6 is 0 Å². The number of azide groups is 1. The molecule has 100 valence electrons. The first-order valence-corrected chi connectivity index (χ1v) is 5.61. The van der Waals surface area contributed by atoms with Gasteiger partial charge in [-0.3, -0.25) is 14.9 Å². The van der Waals surface area contributed by atoms with Crippen molar-refractivity contribution in [3.05, 3.63) is 49.9 Å². The molecule has 0 radical (unpaired) electrons. The minimum absolute atomic E-state index is 0.0359. The Morgan fingerprint density at radius 2 is 2.32 bits per heavy atom. The summed E-state index contributed by atoms with van der Waals surface area (Å²) in [7, 11) is 0. The lowest BCUT2D eigenvalue weighted by atomic mass is 10.1. The molecule has 1 rings (SSSR count). The molecule has 0 atom stereocenters. The fourth-order valence-corrected chi connectivity index (χ4v) is 1.58. The highest BCUT2D eigenvalue weighted by Gasteiger charge is 2.21. The second-order valence-electron chi connectivity index (χ2n) is 3.79. The summed E-state index contributed by atoms with van der Waals surface area (Å²) in [5, 5.41) is 16.8. The zero-order valence-electron chi connectivity index (χ0n) is 10.4. The van der Waals surface area contributed by atoms with Crippen molar-refractivity contribution in [2.75, 3.05) is 13.1 Å². The van der Waals surface area contributed by atoms with Crippen LogP contribution in [-0.4, -0.2) is 23.9 Å². The van der Waals surface area contributed by atoms with Crippen molar-refractivity contribution in [1.82, 2.24) is 5.32 Å². The molecule has 19 heavy (non-hydrogen) atoms. The van der Waals surface area contributed by atoms with E-state index in [9.17, 15) is 14.9 Å². The van der Waals surface area contributed by atoms with Crippen molar-refractivity contribution in [2.24, 2.45) is 5.11 Å². The van der Waals surface area contributed by atoms with Gasteiger partial charge in [-0.25, -0.2) is 0 Å². The van der Waals surface area contributed by atoms with E-state index in [0.29, 0.717) is 18.5 Å². The number of carbonyl (C=O) groups excluding carboxylic acids is 1. The predicted molar refractivity (Wildman–Crippen MR) is 68.8 cm³/mol. The van der Waals surface area contributed by atoms with Crippen LogP contribution in [-0.2, 0) is 0 Å². The smallest absolute Gasteiger partial charge is 0.285 e. The molecule has 0 aromatic heterocycles. The number of nitro benzene ring substituents is 1. The van der Waals surface area contributed by atoms with E-state index in [1.807, 2.05) is 0 Å². The van der Waals surface area contributed by atoms with Gasteiger partial charge in [-0.05, 0) is 24.9 Å². The Kier molecular flexibility index (Phi) is 5.31. The highest BCUT2D eigenvalue weighted by molar-refractivity contribution is 5.98. The Morgan fingerprint density at radius 1 is 1.58 bits per heavy atom. The number of carbonyl (C=O) groups is 1. The Hall–Kier alpha value is -2.60. The van der Waals surface area contributed by atoms with Gasteiger partial charge in [0.25, 0.3) is 11.6 Å². The molecule has 0 bridgehead atoms. The largest absolute Gasteiger partial charge is 0.352 e. The number of benzene rings is 1. The maximum atomic E-state index is 11.8. The normalized spacial score (nSPS) is 9.53. The highest BCUT2D eigenvalue weighted by Crippen LogP contribution is 2.22. The average Bonchev–Trinajstić information content (AvgIpc) is 2.37. The van der Waals surface area contributed by atoms with Gasteiger partial charge in [0.1, 0.15) is 5.56 Å². The Labute approximate surface area is 109 Å². The van der Waals surface area contributed by atoms with Crippen LogP contribution in [0, 0.1) is 17.0 Å². The van der Waals surface area contributed by atoms with Crippen LogP contribution in [0.3, 0.4) is 0 Å². The number of hydrogen-bond acceptors (Lipinski definition) is 4. The standard InChI is InChI=1S/C11H13N5O3/c1-8-4-2-5-9(10(8)16(18)19)11(17)13-6-3-7-14-15-12/h2,4-5H,3,6-7H2,1H3,(H,13,17). The van der Waals surface area contributed by atoms with Crippen molar-refractivity contribution in [3.8, 4) is 0 Å². The molecule has 1 N–H and O–H groups in total. The van der Waals surface area contributed by atoms with Gasteiger partial charge < -0.3 is 5.32 Å². The molecule has 8 nitrogen and oxygen atoms in total. The quantitative estimate of drug-likeness (QED) is 0.211. The van der Waals surface area contributed by atoms with Crippen molar-refractivity contribution < 1.29 is 9.72 Å². The molecule has 0 heterocycles. The number of nitrogens with zero attached hydrogens (tertiary/aromatic N) is 4. The summed E-state index contributed by atoms with van der Waals surface area (Å²) in [6.45, 7) is 2.15. The molecule has 1 aromatic carbocycles. The molecule has 0 saturated carbocycles. The molecule has 0 fully saturated rings. The first-order chi connectivity index (χ1) is 9.07. The van der Waals surface area contributed by atoms with Gasteiger partial charge in [0.15, 0.2) is 0 Å². The first kappa shape index (κ1) is 14.5. The van der Waals surface area contributed by atoms with Gasteiger partial charge >= 0.3 is 0 Å². The van der Waals surface area contributed by atoms with E-state index in [0.717, 1.165) is 0 Å². The number of amides is 1. The summed E-state index contributed by atoms with van der Waals surface area (Å²) >= 11 is 0. The fraction of sp³-hybridized carbons (Fsp3) is 0.364.